The number of rotatable bonds is 5. The second kappa shape index (κ2) is 5.90. The minimum atomic E-state index is -3.70. The van der Waals surface area contributed by atoms with Crippen LogP contribution in [0.1, 0.15) is 13.3 Å². The van der Waals surface area contributed by atoms with E-state index in [4.69, 9.17) is 5.11 Å². The summed E-state index contributed by atoms with van der Waals surface area (Å²) in [7, 11) is -3.70. The first-order valence-corrected chi connectivity index (χ1v) is 7.22. The molecule has 1 aromatic rings. The standard InChI is InChI=1S/C10H13BrFNO3S/c1-7(4-5-14)13-17(15,16)10-3-2-8(12)6-9(10)11/h2-3,6-7,13-14H,4-5H2,1H3. The van der Waals surface area contributed by atoms with Crippen LogP contribution in [-0.4, -0.2) is 26.2 Å². The Labute approximate surface area is 108 Å². The van der Waals surface area contributed by atoms with Crippen LogP contribution in [0.25, 0.3) is 0 Å². The Kier molecular flexibility index (Phi) is 5.05. The lowest BCUT2D eigenvalue weighted by Gasteiger charge is -2.13. The fraction of sp³-hybridized carbons (Fsp3) is 0.400. The molecule has 0 heterocycles. The molecule has 0 aliphatic heterocycles. The van der Waals surface area contributed by atoms with Crippen molar-refractivity contribution in [3.8, 4) is 0 Å². The molecule has 2 N–H and O–H groups in total. The van der Waals surface area contributed by atoms with E-state index in [1.165, 1.54) is 6.07 Å². The zero-order valence-electron chi connectivity index (χ0n) is 9.15. The number of halogens is 2. The average molecular weight is 326 g/mol. The molecule has 0 bridgehead atoms. The Morgan fingerprint density at radius 2 is 2.18 bits per heavy atom. The molecule has 0 aliphatic carbocycles. The third kappa shape index (κ3) is 4.02. The van der Waals surface area contributed by atoms with Crippen LogP contribution in [0, 0.1) is 5.82 Å². The largest absolute Gasteiger partial charge is 0.396 e. The van der Waals surface area contributed by atoms with E-state index in [0.29, 0.717) is 6.42 Å². The number of hydrogen-bond donors (Lipinski definition) is 2. The first kappa shape index (κ1) is 14.6. The summed E-state index contributed by atoms with van der Waals surface area (Å²) in [5.41, 5.74) is 0. The highest BCUT2D eigenvalue weighted by Gasteiger charge is 2.20. The highest BCUT2D eigenvalue weighted by Crippen LogP contribution is 2.22. The van der Waals surface area contributed by atoms with E-state index in [-0.39, 0.29) is 22.0 Å². The molecule has 0 saturated heterocycles. The summed E-state index contributed by atoms with van der Waals surface area (Å²) in [5.74, 6) is -0.515. The van der Waals surface area contributed by atoms with Crippen molar-refractivity contribution >= 4 is 26.0 Å². The van der Waals surface area contributed by atoms with Crippen molar-refractivity contribution in [2.24, 2.45) is 0 Å². The van der Waals surface area contributed by atoms with Gasteiger partial charge in [0.2, 0.25) is 10.0 Å². The van der Waals surface area contributed by atoms with Gasteiger partial charge in [0.1, 0.15) is 5.82 Å². The fourth-order valence-electron chi connectivity index (χ4n) is 1.27. The molecule has 1 rings (SSSR count). The Morgan fingerprint density at radius 3 is 2.71 bits per heavy atom. The lowest BCUT2D eigenvalue weighted by molar-refractivity contribution is 0.275. The number of nitrogens with one attached hydrogen (secondary N) is 1. The summed E-state index contributed by atoms with van der Waals surface area (Å²) in [6, 6.07) is 2.97. The van der Waals surface area contributed by atoms with Crippen LogP contribution in [0.3, 0.4) is 0 Å². The number of hydrogen-bond acceptors (Lipinski definition) is 3. The lowest BCUT2D eigenvalue weighted by Crippen LogP contribution is -2.33. The molecule has 1 unspecified atom stereocenters. The number of benzene rings is 1. The van der Waals surface area contributed by atoms with Crippen LogP contribution in [0.2, 0.25) is 0 Å². The quantitative estimate of drug-likeness (QED) is 0.864. The predicted octanol–water partition coefficient (Wildman–Crippen LogP) is 1.64. The molecule has 1 atom stereocenters. The minimum absolute atomic E-state index is 0.0244. The van der Waals surface area contributed by atoms with Gasteiger partial charge in [-0.05, 0) is 47.5 Å². The molecule has 96 valence electrons. The van der Waals surface area contributed by atoms with Crippen LogP contribution in [0.4, 0.5) is 4.39 Å². The Bertz CT molecular complexity index is 492. The monoisotopic (exact) mass is 325 g/mol. The van der Waals surface area contributed by atoms with Gasteiger partial charge in [0.05, 0.1) is 4.90 Å². The van der Waals surface area contributed by atoms with E-state index in [9.17, 15) is 12.8 Å². The third-order valence-electron chi connectivity index (χ3n) is 2.10. The van der Waals surface area contributed by atoms with Crippen molar-refractivity contribution in [3.05, 3.63) is 28.5 Å². The van der Waals surface area contributed by atoms with E-state index in [1.807, 2.05) is 0 Å². The highest BCUT2D eigenvalue weighted by molar-refractivity contribution is 9.10. The molecule has 0 aromatic heterocycles. The molecular formula is C10H13BrFNO3S. The van der Waals surface area contributed by atoms with E-state index >= 15 is 0 Å². The van der Waals surface area contributed by atoms with Gasteiger partial charge >= 0.3 is 0 Å². The smallest absolute Gasteiger partial charge is 0.241 e. The molecule has 0 fully saturated rings. The zero-order valence-corrected chi connectivity index (χ0v) is 11.6. The van der Waals surface area contributed by atoms with Gasteiger partial charge < -0.3 is 5.11 Å². The van der Waals surface area contributed by atoms with Crippen molar-refractivity contribution in [1.29, 1.82) is 0 Å². The Hall–Kier alpha value is -0.500. The molecule has 0 amide bonds. The number of aliphatic hydroxyl groups is 1. The molecule has 0 spiro atoms. The van der Waals surface area contributed by atoms with Crippen molar-refractivity contribution in [3.63, 3.8) is 0 Å². The van der Waals surface area contributed by atoms with Crippen LogP contribution in [-0.2, 0) is 10.0 Å². The van der Waals surface area contributed by atoms with Gasteiger partial charge in [0.25, 0.3) is 0 Å². The lowest BCUT2D eigenvalue weighted by atomic mass is 10.3. The van der Waals surface area contributed by atoms with E-state index in [1.54, 1.807) is 6.92 Å². The molecule has 1 aromatic carbocycles. The maximum atomic E-state index is 12.8. The van der Waals surface area contributed by atoms with Gasteiger partial charge in [-0.3, -0.25) is 0 Å². The maximum Gasteiger partial charge on any atom is 0.241 e. The predicted molar refractivity (Wildman–Crippen MR) is 65.6 cm³/mol. The first-order chi connectivity index (χ1) is 7.86. The van der Waals surface area contributed by atoms with Crippen molar-refractivity contribution in [2.45, 2.75) is 24.3 Å². The van der Waals surface area contributed by atoms with Crippen molar-refractivity contribution < 1.29 is 17.9 Å². The van der Waals surface area contributed by atoms with E-state index in [2.05, 4.69) is 20.7 Å². The zero-order chi connectivity index (χ0) is 13.1. The number of aliphatic hydroxyl groups excluding tert-OH is 1. The van der Waals surface area contributed by atoms with Gasteiger partial charge in [-0.15, -0.1) is 0 Å². The van der Waals surface area contributed by atoms with Gasteiger partial charge in [0, 0.05) is 17.1 Å². The van der Waals surface area contributed by atoms with E-state index in [0.717, 1.165) is 12.1 Å². The summed E-state index contributed by atoms with van der Waals surface area (Å²) in [6.45, 7) is 1.54. The normalized spacial score (nSPS) is 13.6. The summed E-state index contributed by atoms with van der Waals surface area (Å²) in [5, 5.41) is 8.70. The van der Waals surface area contributed by atoms with Gasteiger partial charge in [-0.25, -0.2) is 17.5 Å². The second-order valence-corrected chi connectivity index (χ2v) is 6.15. The third-order valence-corrected chi connectivity index (χ3v) is 4.67. The molecule has 4 nitrogen and oxygen atoms in total. The average Bonchev–Trinajstić information content (AvgIpc) is 2.15. The van der Waals surface area contributed by atoms with E-state index < -0.39 is 15.8 Å². The molecule has 17 heavy (non-hydrogen) atoms. The summed E-state index contributed by atoms with van der Waals surface area (Å²) in [4.78, 5) is -0.0244. The van der Waals surface area contributed by atoms with Crippen molar-refractivity contribution in [1.82, 2.24) is 4.72 Å². The topological polar surface area (TPSA) is 66.4 Å². The van der Waals surface area contributed by atoms with Gasteiger partial charge in [0.15, 0.2) is 0 Å². The Balaban J connectivity index is 2.97. The van der Waals surface area contributed by atoms with Crippen LogP contribution in [0.5, 0.6) is 0 Å². The molecule has 0 aliphatic rings. The number of sulfonamides is 1. The first-order valence-electron chi connectivity index (χ1n) is 4.95. The van der Waals surface area contributed by atoms with Crippen LogP contribution >= 0.6 is 15.9 Å². The minimum Gasteiger partial charge on any atom is -0.396 e. The van der Waals surface area contributed by atoms with Crippen LogP contribution < -0.4 is 4.72 Å². The fourth-order valence-corrected chi connectivity index (χ4v) is 3.60. The van der Waals surface area contributed by atoms with Gasteiger partial charge in [-0.1, -0.05) is 0 Å². The van der Waals surface area contributed by atoms with Crippen LogP contribution in [0.15, 0.2) is 27.6 Å². The highest BCUT2D eigenvalue weighted by atomic mass is 79.9. The summed E-state index contributed by atoms with van der Waals surface area (Å²) >= 11 is 3.00. The summed E-state index contributed by atoms with van der Waals surface area (Å²) < 4.78 is 39.2. The second-order valence-electron chi connectivity index (χ2n) is 3.61. The van der Waals surface area contributed by atoms with Gasteiger partial charge in [-0.2, -0.15) is 0 Å². The molecule has 0 radical (unpaired) electrons. The Morgan fingerprint density at radius 1 is 1.53 bits per heavy atom. The SMILES string of the molecule is CC(CCO)NS(=O)(=O)c1ccc(F)cc1Br. The van der Waals surface area contributed by atoms with Crippen molar-refractivity contribution in [2.75, 3.05) is 6.61 Å². The maximum absolute atomic E-state index is 12.8. The molecular weight excluding hydrogens is 313 g/mol. The molecule has 7 heteroatoms. The molecule has 0 saturated carbocycles. The summed E-state index contributed by atoms with van der Waals surface area (Å²) in [6.07, 6.45) is 0.318.